The highest BCUT2D eigenvalue weighted by molar-refractivity contribution is 5.32. The summed E-state index contributed by atoms with van der Waals surface area (Å²) in [6.45, 7) is 13.6. The van der Waals surface area contributed by atoms with Gasteiger partial charge in [-0.05, 0) is 115 Å². The largest absolute Gasteiger partial charge is 0.513 e. The lowest BCUT2D eigenvalue weighted by molar-refractivity contribution is -0.112. The van der Waals surface area contributed by atoms with Crippen molar-refractivity contribution in [3.63, 3.8) is 0 Å². The van der Waals surface area contributed by atoms with Crippen LogP contribution in [-0.2, 0) is 4.74 Å². The zero-order valence-corrected chi connectivity index (χ0v) is 23.0. The molecule has 0 bridgehead atoms. The van der Waals surface area contributed by atoms with Crippen molar-refractivity contribution in [3.8, 4) is 0 Å². The van der Waals surface area contributed by atoms with E-state index in [0.29, 0.717) is 12.0 Å². The summed E-state index contributed by atoms with van der Waals surface area (Å²) in [4.78, 5) is 0. The average molecular weight is 486 g/mol. The first-order chi connectivity index (χ1) is 16.6. The topological polar surface area (TPSA) is 61.7 Å². The average Bonchev–Trinajstić information content (AvgIpc) is 3.64. The van der Waals surface area contributed by atoms with Crippen molar-refractivity contribution in [1.29, 1.82) is 0 Å². The minimum Gasteiger partial charge on any atom is -0.513 e. The minimum absolute atomic E-state index is 0.113. The lowest BCUT2D eigenvalue weighted by Crippen LogP contribution is -2.39. The molecule has 198 valence electrons. The smallest absolute Gasteiger partial charge is 0.0820 e. The molecule has 4 heteroatoms. The highest BCUT2D eigenvalue weighted by Gasteiger charge is 2.33. The van der Waals surface area contributed by atoms with Gasteiger partial charge >= 0.3 is 0 Å². The van der Waals surface area contributed by atoms with E-state index in [0.717, 1.165) is 25.2 Å². The maximum absolute atomic E-state index is 9.58. The van der Waals surface area contributed by atoms with Crippen LogP contribution >= 0.6 is 0 Å². The van der Waals surface area contributed by atoms with Crippen molar-refractivity contribution < 1.29 is 14.9 Å². The number of nitrogens with one attached hydrogen (secondary N) is 1. The molecule has 2 aliphatic carbocycles. The summed E-state index contributed by atoms with van der Waals surface area (Å²) in [6.07, 6.45) is 23.5. The second kappa shape index (κ2) is 14.7. The molecule has 1 heterocycles. The van der Waals surface area contributed by atoms with Crippen molar-refractivity contribution in [3.05, 3.63) is 59.6 Å². The molecule has 0 aromatic carbocycles. The molecule has 35 heavy (non-hydrogen) atoms. The van der Waals surface area contributed by atoms with Crippen LogP contribution in [0.25, 0.3) is 0 Å². The molecule has 0 aromatic rings. The number of hydrogen-bond acceptors (Lipinski definition) is 4. The Kier molecular flexibility index (Phi) is 12.4. The summed E-state index contributed by atoms with van der Waals surface area (Å²) in [7, 11) is 0. The van der Waals surface area contributed by atoms with Gasteiger partial charge in [0, 0.05) is 18.3 Å². The SMILES string of the molecule is C=C(C)O.CC/C=C\C(NC1CCC(C/C=C(C)/C=C/C2CC(CO)CC(C)(C)O2)CC1)=C1CC1. The highest BCUT2D eigenvalue weighted by atomic mass is 16.5. The van der Waals surface area contributed by atoms with Crippen molar-refractivity contribution in [2.75, 3.05) is 6.61 Å². The second-order valence-electron chi connectivity index (χ2n) is 11.4. The van der Waals surface area contributed by atoms with Crippen LogP contribution in [0.5, 0.6) is 0 Å². The number of aliphatic hydroxyl groups is 2. The molecule has 3 rings (SSSR count). The van der Waals surface area contributed by atoms with E-state index in [-0.39, 0.29) is 24.1 Å². The summed E-state index contributed by atoms with van der Waals surface area (Å²) >= 11 is 0. The Bertz CT molecular complexity index is 771. The molecule has 3 aliphatic rings. The minimum atomic E-state index is -0.146. The van der Waals surface area contributed by atoms with E-state index in [1.807, 2.05) is 0 Å². The second-order valence-corrected chi connectivity index (χ2v) is 11.4. The molecule has 0 aromatic heterocycles. The van der Waals surface area contributed by atoms with Gasteiger partial charge in [-0.25, -0.2) is 0 Å². The molecule has 3 N–H and O–H groups in total. The summed E-state index contributed by atoms with van der Waals surface area (Å²) < 4.78 is 6.20. The Morgan fingerprint density at radius 1 is 1.11 bits per heavy atom. The van der Waals surface area contributed by atoms with Gasteiger partial charge in [-0.1, -0.05) is 43.4 Å². The van der Waals surface area contributed by atoms with Crippen molar-refractivity contribution in [1.82, 2.24) is 5.32 Å². The first-order valence-electron chi connectivity index (χ1n) is 13.7. The third-order valence-corrected chi connectivity index (χ3v) is 7.03. The first kappa shape index (κ1) is 29.5. The van der Waals surface area contributed by atoms with Gasteiger partial charge in [0.05, 0.1) is 17.5 Å². The van der Waals surface area contributed by atoms with Crippen LogP contribution in [0.1, 0.15) is 98.8 Å². The van der Waals surface area contributed by atoms with E-state index in [9.17, 15) is 5.11 Å². The molecule has 2 atom stereocenters. The molecular formula is C31H51NO3. The molecule has 2 saturated carbocycles. The van der Waals surface area contributed by atoms with Crippen LogP contribution in [0, 0.1) is 11.8 Å². The van der Waals surface area contributed by atoms with Crippen LogP contribution in [0.4, 0.5) is 0 Å². The Labute approximate surface area is 214 Å². The quantitative estimate of drug-likeness (QED) is 0.231. The Morgan fingerprint density at radius 2 is 1.77 bits per heavy atom. The predicted molar refractivity (Wildman–Crippen MR) is 148 cm³/mol. The fourth-order valence-corrected chi connectivity index (χ4v) is 5.15. The maximum atomic E-state index is 9.58. The van der Waals surface area contributed by atoms with Crippen LogP contribution in [0.15, 0.2) is 59.6 Å². The summed E-state index contributed by atoms with van der Waals surface area (Å²) in [5, 5.41) is 21.3. The Balaban J connectivity index is 0.00000100. The van der Waals surface area contributed by atoms with Crippen molar-refractivity contribution >= 4 is 0 Å². The van der Waals surface area contributed by atoms with Gasteiger partial charge in [0.2, 0.25) is 0 Å². The molecule has 3 fully saturated rings. The van der Waals surface area contributed by atoms with Gasteiger partial charge in [-0.15, -0.1) is 0 Å². The molecule has 1 aliphatic heterocycles. The molecule has 1 saturated heterocycles. The lowest BCUT2D eigenvalue weighted by Gasteiger charge is -2.39. The zero-order valence-electron chi connectivity index (χ0n) is 23.0. The number of ether oxygens (including phenoxy) is 1. The van der Waals surface area contributed by atoms with Gasteiger partial charge in [-0.2, -0.15) is 0 Å². The van der Waals surface area contributed by atoms with E-state index in [1.165, 1.54) is 63.1 Å². The van der Waals surface area contributed by atoms with Crippen LogP contribution in [0.2, 0.25) is 0 Å². The molecule has 0 amide bonds. The molecule has 0 spiro atoms. The normalized spacial score (nSPS) is 28.5. The Hall–Kier alpha value is -1.78. The van der Waals surface area contributed by atoms with Gasteiger partial charge in [0.25, 0.3) is 0 Å². The van der Waals surface area contributed by atoms with Crippen molar-refractivity contribution in [2.24, 2.45) is 11.8 Å². The van der Waals surface area contributed by atoms with E-state index in [2.05, 4.69) is 70.0 Å². The fraction of sp³-hybridized carbons (Fsp3) is 0.677. The van der Waals surface area contributed by atoms with E-state index < -0.39 is 0 Å². The van der Waals surface area contributed by atoms with Gasteiger partial charge in [-0.3, -0.25) is 0 Å². The number of rotatable bonds is 9. The molecule has 2 unspecified atom stereocenters. The maximum Gasteiger partial charge on any atom is 0.0820 e. The van der Waals surface area contributed by atoms with Gasteiger partial charge in [0.1, 0.15) is 0 Å². The first-order valence-corrected chi connectivity index (χ1v) is 13.7. The lowest BCUT2D eigenvalue weighted by atomic mass is 9.83. The van der Waals surface area contributed by atoms with Crippen LogP contribution in [-0.4, -0.2) is 34.6 Å². The van der Waals surface area contributed by atoms with E-state index in [4.69, 9.17) is 9.84 Å². The summed E-state index contributed by atoms with van der Waals surface area (Å²) in [5.74, 6) is 1.33. The molecular weight excluding hydrogens is 434 g/mol. The molecule has 0 radical (unpaired) electrons. The highest BCUT2D eigenvalue weighted by Crippen LogP contribution is 2.34. The van der Waals surface area contributed by atoms with Crippen LogP contribution in [0.3, 0.4) is 0 Å². The van der Waals surface area contributed by atoms with Gasteiger partial charge in [0.15, 0.2) is 0 Å². The zero-order chi connectivity index (χ0) is 25.8. The van der Waals surface area contributed by atoms with Gasteiger partial charge < -0.3 is 20.3 Å². The Morgan fingerprint density at radius 3 is 2.34 bits per heavy atom. The number of aliphatic hydroxyl groups excluding tert-OH is 2. The number of allylic oxidation sites excluding steroid dienone is 7. The fourth-order valence-electron chi connectivity index (χ4n) is 5.15. The number of hydrogen-bond donors (Lipinski definition) is 3. The van der Waals surface area contributed by atoms with Crippen LogP contribution < -0.4 is 5.32 Å². The third-order valence-electron chi connectivity index (χ3n) is 7.03. The predicted octanol–water partition coefficient (Wildman–Crippen LogP) is 7.69. The van der Waals surface area contributed by atoms with E-state index >= 15 is 0 Å². The molecule has 4 nitrogen and oxygen atoms in total. The summed E-state index contributed by atoms with van der Waals surface area (Å²) in [6, 6.07) is 0.650. The van der Waals surface area contributed by atoms with Crippen molar-refractivity contribution in [2.45, 2.75) is 117 Å². The monoisotopic (exact) mass is 485 g/mol. The standard InChI is InChI=1S/C28H45NO2.C3H6O/c1-5-6-7-27(24-13-14-24)29-25-15-11-22(12-16-25)10-8-21(2)9-17-26-18-23(20-30)19-28(3,4)31-26;1-3(2)4/h6-9,17,22-23,25-26,29-30H,5,10-16,18-20H2,1-4H3;4H,1H2,2H3/b7-6-,17-9+,21-8+;. The van der Waals surface area contributed by atoms with E-state index in [1.54, 1.807) is 5.57 Å². The summed E-state index contributed by atoms with van der Waals surface area (Å²) in [5.41, 5.74) is 4.22. The third kappa shape index (κ3) is 12.1.